The van der Waals surface area contributed by atoms with E-state index in [4.69, 9.17) is 6.42 Å². The molecule has 1 fully saturated rings. The van der Waals surface area contributed by atoms with Gasteiger partial charge in [-0.05, 0) is 32.6 Å². The zero-order valence-electron chi connectivity index (χ0n) is 11.6. The Bertz CT molecular complexity index is 389. The smallest absolute Gasteiger partial charge is 0.329 e. The van der Waals surface area contributed by atoms with Crippen molar-refractivity contribution in [2.45, 2.75) is 57.5 Å². The van der Waals surface area contributed by atoms with Gasteiger partial charge in [-0.3, -0.25) is 0 Å². The van der Waals surface area contributed by atoms with Crippen LogP contribution in [0.15, 0.2) is 0 Å². The topological polar surface area (TPSA) is 69.6 Å². The van der Waals surface area contributed by atoms with Gasteiger partial charge in [-0.15, -0.1) is 12.3 Å². The predicted octanol–water partition coefficient (Wildman–Crippen LogP) is 1.83. The van der Waals surface area contributed by atoms with Gasteiger partial charge in [0.2, 0.25) is 0 Å². The average Bonchev–Trinajstić information content (AvgIpc) is 2.38. The monoisotopic (exact) mass is 266 g/mol. The van der Waals surface area contributed by atoms with E-state index in [0.29, 0.717) is 19.4 Å². The molecule has 1 saturated heterocycles. The Morgan fingerprint density at radius 1 is 1.53 bits per heavy atom. The molecule has 5 heteroatoms. The number of nitrogens with zero attached hydrogens (tertiary/aromatic N) is 1. The fraction of sp³-hybridized carbons (Fsp3) is 0.714. The van der Waals surface area contributed by atoms with Crippen molar-refractivity contribution in [2.75, 3.05) is 6.54 Å². The summed E-state index contributed by atoms with van der Waals surface area (Å²) in [5.74, 6) is 1.57. The van der Waals surface area contributed by atoms with Crippen molar-refractivity contribution >= 4 is 12.0 Å². The van der Waals surface area contributed by atoms with Crippen LogP contribution in [0.1, 0.15) is 46.0 Å². The zero-order chi connectivity index (χ0) is 14.5. The minimum absolute atomic E-state index is 0.0996. The third-order valence-corrected chi connectivity index (χ3v) is 3.78. The number of likely N-dealkylation sites (tertiary alicyclic amines) is 1. The Labute approximate surface area is 114 Å². The third kappa shape index (κ3) is 3.40. The molecule has 0 aromatic carbocycles. The maximum Gasteiger partial charge on any atom is 0.329 e. The van der Waals surface area contributed by atoms with Crippen molar-refractivity contribution in [3.8, 4) is 12.3 Å². The minimum atomic E-state index is -1.11. The van der Waals surface area contributed by atoms with Crippen LogP contribution in [-0.2, 0) is 4.79 Å². The van der Waals surface area contributed by atoms with Crippen molar-refractivity contribution in [2.24, 2.45) is 0 Å². The number of carboxylic acids is 1. The molecule has 19 heavy (non-hydrogen) atoms. The van der Waals surface area contributed by atoms with Gasteiger partial charge in [0.05, 0.1) is 0 Å². The van der Waals surface area contributed by atoms with Gasteiger partial charge in [0.1, 0.15) is 5.54 Å². The van der Waals surface area contributed by atoms with Crippen molar-refractivity contribution in [3.05, 3.63) is 0 Å². The van der Waals surface area contributed by atoms with Gasteiger partial charge < -0.3 is 15.3 Å². The second-order valence-corrected chi connectivity index (χ2v) is 5.15. The summed E-state index contributed by atoms with van der Waals surface area (Å²) in [5, 5.41) is 12.2. The second-order valence-electron chi connectivity index (χ2n) is 5.15. The molecule has 2 N–H and O–H groups in total. The summed E-state index contributed by atoms with van der Waals surface area (Å²) in [4.78, 5) is 25.1. The molecule has 2 unspecified atom stereocenters. The lowest BCUT2D eigenvalue weighted by atomic mass is 9.89. The number of carboxylic acid groups (broad SMARTS) is 1. The normalized spacial score (nSPS) is 24.4. The highest BCUT2D eigenvalue weighted by Crippen LogP contribution is 2.28. The lowest BCUT2D eigenvalue weighted by molar-refractivity contribution is -0.150. The zero-order valence-corrected chi connectivity index (χ0v) is 11.6. The molecule has 0 bridgehead atoms. The van der Waals surface area contributed by atoms with E-state index in [9.17, 15) is 14.7 Å². The van der Waals surface area contributed by atoms with E-state index in [1.54, 1.807) is 6.92 Å². The van der Waals surface area contributed by atoms with Crippen molar-refractivity contribution in [1.82, 2.24) is 10.2 Å². The summed E-state index contributed by atoms with van der Waals surface area (Å²) in [6.45, 7) is 4.02. The molecule has 0 aromatic rings. The van der Waals surface area contributed by atoms with E-state index in [2.05, 4.69) is 11.2 Å². The summed E-state index contributed by atoms with van der Waals surface area (Å²) in [6.07, 6.45) is 8.59. The summed E-state index contributed by atoms with van der Waals surface area (Å²) in [5.41, 5.74) is -1.11. The van der Waals surface area contributed by atoms with Crippen molar-refractivity contribution < 1.29 is 14.7 Å². The number of piperidine rings is 1. The highest BCUT2D eigenvalue weighted by atomic mass is 16.4. The maximum atomic E-state index is 12.2. The van der Waals surface area contributed by atoms with Gasteiger partial charge >= 0.3 is 12.0 Å². The summed E-state index contributed by atoms with van der Waals surface area (Å²) in [6, 6.07) is -0.427. The van der Waals surface area contributed by atoms with Crippen LogP contribution in [0.5, 0.6) is 0 Å². The maximum absolute atomic E-state index is 12.2. The molecule has 106 valence electrons. The minimum Gasteiger partial charge on any atom is -0.480 e. The standard InChI is InChI=1S/C14H22N2O3/c1-4-8-11(5-2)15-13(19)16-10-7-6-9-14(16,3)12(17)18/h1,11H,5-10H2,2-3H3,(H,15,19)(H,17,18). The first kappa shape index (κ1) is 15.4. The molecule has 1 aliphatic heterocycles. The molecule has 5 nitrogen and oxygen atoms in total. The van der Waals surface area contributed by atoms with E-state index in [1.807, 2.05) is 6.92 Å². The van der Waals surface area contributed by atoms with Gasteiger partial charge in [0.25, 0.3) is 0 Å². The molecule has 1 rings (SSSR count). The Hall–Kier alpha value is -1.70. The molecule has 1 aliphatic rings. The number of hydrogen-bond acceptors (Lipinski definition) is 2. The number of nitrogens with one attached hydrogen (secondary N) is 1. The first-order valence-corrected chi connectivity index (χ1v) is 6.70. The number of terminal acetylenes is 1. The Morgan fingerprint density at radius 3 is 2.74 bits per heavy atom. The van der Waals surface area contributed by atoms with Crippen LogP contribution in [0.2, 0.25) is 0 Å². The van der Waals surface area contributed by atoms with Gasteiger partial charge in [-0.1, -0.05) is 6.92 Å². The highest BCUT2D eigenvalue weighted by Gasteiger charge is 2.44. The van der Waals surface area contributed by atoms with Gasteiger partial charge in [-0.2, -0.15) is 0 Å². The largest absolute Gasteiger partial charge is 0.480 e. The molecule has 0 aromatic heterocycles. The van der Waals surface area contributed by atoms with E-state index >= 15 is 0 Å². The van der Waals surface area contributed by atoms with Crippen LogP contribution in [0.4, 0.5) is 4.79 Å². The molecular weight excluding hydrogens is 244 g/mol. The van der Waals surface area contributed by atoms with Gasteiger partial charge in [-0.25, -0.2) is 9.59 Å². The number of carbonyl (C=O) groups excluding carboxylic acids is 1. The molecule has 2 atom stereocenters. The first-order chi connectivity index (χ1) is 8.95. The highest BCUT2D eigenvalue weighted by molar-refractivity contribution is 5.86. The third-order valence-electron chi connectivity index (χ3n) is 3.78. The molecular formula is C14H22N2O3. The fourth-order valence-electron chi connectivity index (χ4n) is 2.36. The first-order valence-electron chi connectivity index (χ1n) is 6.70. The van der Waals surface area contributed by atoms with Crippen LogP contribution in [0.3, 0.4) is 0 Å². The summed E-state index contributed by atoms with van der Waals surface area (Å²) < 4.78 is 0. The molecule has 1 heterocycles. The number of carbonyl (C=O) groups is 2. The van der Waals surface area contributed by atoms with Crippen molar-refractivity contribution in [1.29, 1.82) is 0 Å². The summed E-state index contributed by atoms with van der Waals surface area (Å²) >= 11 is 0. The Kier molecular flexibility index (Phi) is 5.22. The van der Waals surface area contributed by atoms with Crippen LogP contribution < -0.4 is 5.32 Å². The number of amides is 2. The molecule has 2 amide bonds. The average molecular weight is 266 g/mol. The Balaban J connectivity index is 2.78. The van der Waals surface area contributed by atoms with Crippen LogP contribution in [0.25, 0.3) is 0 Å². The van der Waals surface area contributed by atoms with Gasteiger partial charge in [0, 0.05) is 19.0 Å². The van der Waals surface area contributed by atoms with Crippen LogP contribution >= 0.6 is 0 Å². The Morgan fingerprint density at radius 2 is 2.21 bits per heavy atom. The van der Waals surface area contributed by atoms with E-state index in [1.165, 1.54) is 4.90 Å². The van der Waals surface area contributed by atoms with E-state index in [-0.39, 0.29) is 12.1 Å². The number of rotatable bonds is 4. The van der Waals surface area contributed by atoms with Crippen LogP contribution in [0, 0.1) is 12.3 Å². The van der Waals surface area contributed by atoms with Gasteiger partial charge in [0.15, 0.2) is 0 Å². The second kappa shape index (κ2) is 6.46. The SMILES string of the molecule is C#CCC(CC)NC(=O)N1CCCCC1(C)C(=O)O. The predicted molar refractivity (Wildman–Crippen MR) is 72.7 cm³/mol. The van der Waals surface area contributed by atoms with E-state index < -0.39 is 11.5 Å². The fourth-order valence-corrected chi connectivity index (χ4v) is 2.36. The van der Waals surface area contributed by atoms with Crippen molar-refractivity contribution in [3.63, 3.8) is 0 Å². The quantitative estimate of drug-likeness (QED) is 0.763. The molecule has 0 saturated carbocycles. The number of hydrogen-bond donors (Lipinski definition) is 2. The van der Waals surface area contributed by atoms with E-state index in [0.717, 1.165) is 19.3 Å². The summed E-state index contributed by atoms with van der Waals surface area (Å²) in [7, 11) is 0. The number of aliphatic carboxylic acids is 1. The molecule has 0 radical (unpaired) electrons. The molecule has 0 aliphatic carbocycles. The molecule has 0 spiro atoms. The lowest BCUT2D eigenvalue weighted by Crippen LogP contribution is -2.60. The van der Waals surface area contributed by atoms with Crippen LogP contribution in [-0.4, -0.2) is 40.1 Å². The lowest BCUT2D eigenvalue weighted by Gasteiger charge is -2.42. The number of urea groups is 1.